The number of nitrogens with one attached hydrogen (secondary N) is 1. The van der Waals surface area contributed by atoms with Gasteiger partial charge in [0, 0.05) is 12.1 Å². The number of benzene rings is 1. The first-order valence-electron chi connectivity index (χ1n) is 7.19. The zero-order valence-corrected chi connectivity index (χ0v) is 13.1. The van der Waals surface area contributed by atoms with Crippen LogP contribution in [-0.4, -0.2) is 12.5 Å². The van der Waals surface area contributed by atoms with E-state index in [1.54, 1.807) is 0 Å². The van der Waals surface area contributed by atoms with Crippen LogP contribution in [0.15, 0.2) is 18.2 Å². The zero-order valence-electron chi connectivity index (χ0n) is 13.1. The van der Waals surface area contributed by atoms with Gasteiger partial charge in [0.05, 0.1) is 0 Å². The molecule has 106 valence electrons. The SMILES string of the molecule is Cc1cccc(C(=O)NCC(C(C)C)C(C)C)c1C. The molecule has 1 amide bonds. The summed E-state index contributed by atoms with van der Waals surface area (Å²) in [6.07, 6.45) is 0. The molecule has 2 heteroatoms. The molecule has 1 rings (SSSR count). The van der Waals surface area contributed by atoms with E-state index in [1.807, 2.05) is 32.0 Å². The maximum absolute atomic E-state index is 12.3. The fourth-order valence-electron chi connectivity index (χ4n) is 2.54. The molecular formula is C17H27NO. The molecule has 1 N–H and O–H groups in total. The molecule has 1 aromatic carbocycles. The highest BCUT2D eigenvalue weighted by Crippen LogP contribution is 2.20. The van der Waals surface area contributed by atoms with Crippen molar-refractivity contribution < 1.29 is 4.79 Å². The van der Waals surface area contributed by atoms with Crippen molar-refractivity contribution in [3.63, 3.8) is 0 Å². The van der Waals surface area contributed by atoms with Crippen LogP contribution >= 0.6 is 0 Å². The zero-order chi connectivity index (χ0) is 14.6. The highest BCUT2D eigenvalue weighted by Gasteiger charge is 2.19. The average molecular weight is 261 g/mol. The van der Waals surface area contributed by atoms with Crippen LogP contribution in [0.25, 0.3) is 0 Å². The molecule has 0 radical (unpaired) electrons. The Labute approximate surface area is 117 Å². The molecule has 1 aromatic rings. The summed E-state index contributed by atoms with van der Waals surface area (Å²) in [6.45, 7) is 13.7. The lowest BCUT2D eigenvalue weighted by Gasteiger charge is -2.25. The molecule has 0 aliphatic rings. The van der Waals surface area contributed by atoms with Gasteiger partial charge < -0.3 is 5.32 Å². The van der Waals surface area contributed by atoms with Gasteiger partial charge in [-0.05, 0) is 48.8 Å². The van der Waals surface area contributed by atoms with Gasteiger partial charge in [0.2, 0.25) is 0 Å². The first kappa shape index (κ1) is 15.7. The number of aryl methyl sites for hydroxylation is 1. The van der Waals surface area contributed by atoms with Crippen LogP contribution in [0.4, 0.5) is 0 Å². The Bertz CT molecular complexity index is 427. The fourth-order valence-corrected chi connectivity index (χ4v) is 2.54. The molecule has 0 atom stereocenters. The maximum atomic E-state index is 12.3. The molecule has 0 heterocycles. The van der Waals surface area contributed by atoms with Gasteiger partial charge in [-0.15, -0.1) is 0 Å². The normalized spacial score (nSPS) is 11.4. The summed E-state index contributed by atoms with van der Waals surface area (Å²) in [5.74, 6) is 1.74. The fraction of sp³-hybridized carbons (Fsp3) is 0.588. The summed E-state index contributed by atoms with van der Waals surface area (Å²) in [5.41, 5.74) is 3.04. The van der Waals surface area contributed by atoms with Crippen molar-refractivity contribution in [3.8, 4) is 0 Å². The van der Waals surface area contributed by atoms with Crippen LogP contribution in [-0.2, 0) is 0 Å². The molecule has 0 aliphatic heterocycles. The van der Waals surface area contributed by atoms with Gasteiger partial charge in [0.1, 0.15) is 0 Å². The highest BCUT2D eigenvalue weighted by atomic mass is 16.1. The molecule has 0 aliphatic carbocycles. The third-order valence-corrected chi connectivity index (χ3v) is 4.06. The van der Waals surface area contributed by atoms with E-state index in [2.05, 4.69) is 33.0 Å². The van der Waals surface area contributed by atoms with Crippen molar-refractivity contribution in [2.24, 2.45) is 17.8 Å². The van der Waals surface area contributed by atoms with Crippen molar-refractivity contribution in [3.05, 3.63) is 34.9 Å². The highest BCUT2D eigenvalue weighted by molar-refractivity contribution is 5.95. The van der Waals surface area contributed by atoms with Gasteiger partial charge in [-0.1, -0.05) is 39.8 Å². The Hall–Kier alpha value is -1.31. The second-order valence-electron chi connectivity index (χ2n) is 6.11. The van der Waals surface area contributed by atoms with Gasteiger partial charge in [-0.2, -0.15) is 0 Å². The largest absolute Gasteiger partial charge is 0.352 e. The van der Waals surface area contributed by atoms with E-state index in [0.717, 1.165) is 23.2 Å². The Balaban J connectivity index is 2.72. The molecule has 0 unspecified atom stereocenters. The Morgan fingerprint density at radius 2 is 1.68 bits per heavy atom. The summed E-state index contributed by atoms with van der Waals surface area (Å²) >= 11 is 0. The summed E-state index contributed by atoms with van der Waals surface area (Å²) in [5, 5.41) is 3.09. The quantitative estimate of drug-likeness (QED) is 0.854. The summed E-state index contributed by atoms with van der Waals surface area (Å²) < 4.78 is 0. The minimum absolute atomic E-state index is 0.0486. The van der Waals surface area contributed by atoms with E-state index in [-0.39, 0.29) is 5.91 Å². The van der Waals surface area contributed by atoms with Crippen molar-refractivity contribution in [1.29, 1.82) is 0 Å². The number of hydrogen-bond acceptors (Lipinski definition) is 1. The summed E-state index contributed by atoms with van der Waals surface area (Å²) in [4.78, 5) is 12.3. The lowest BCUT2D eigenvalue weighted by molar-refractivity contribution is 0.0936. The van der Waals surface area contributed by atoms with E-state index in [0.29, 0.717) is 17.8 Å². The van der Waals surface area contributed by atoms with Crippen molar-refractivity contribution >= 4 is 5.91 Å². The lowest BCUT2D eigenvalue weighted by atomic mass is 9.85. The molecule has 0 spiro atoms. The van der Waals surface area contributed by atoms with Crippen LogP contribution in [0.3, 0.4) is 0 Å². The monoisotopic (exact) mass is 261 g/mol. The molecule has 0 fully saturated rings. The molecular weight excluding hydrogens is 234 g/mol. The summed E-state index contributed by atoms with van der Waals surface area (Å²) in [7, 11) is 0. The standard InChI is InChI=1S/C17H27NO/c1-11(2)16(12(3)4)10-18-17(19)15-9-7-8-13(5)14(15)6/h7-9,11-12,16H,10H2,1-6H3,(H,18,19). The third-order valence-electron chi connectivity index (χ3n) is 4.06. The molecule has 0 bridgehead atoms. The average Bonchev–Trinajstić information content (AvgIpc) is 2.31. The smallest absolute Gasteiger partial charge is 0.251 e. The van der Waals surface area contributed by atoms with Crippen LogP contribution in [0.5, 0.6) is 0 Å². The Morgan fingerprint density at radius 3 is 2.21 bits per heavy atom. The van der Waals surface area contributed by atoms with E-state index >= 15 is 0 Å². The number of rotatable bonds is 5. The topological polar surface area (TPSA) is 29.1 Å². The van der Waals surface area contributed by atoms with Gasteiger partial charge in [0.25, 0.3) is 5.91 Å². The van der Waals surface area contributed by atoms with Gasteiger partial charge in [-0.25, -0.2) is 0 Å². The lowest BCUT2D eigenvalue weighted by Crippen LogP contribution is -2.34. The second-order valence-corrected chi connectivity index (χ2v) is 6.11. The van der Waals surface area contributed by atoms with E-state index in [9.17, 15) is 4.79 Å². The number of amides is 1. The minimum atomic E-state index is 0.0486. The van der Waals surface area contributed by atoms with Crippen molar-refractivity contribution in [1.82, 2.24) is 5.32 Å². The molecule has 0 saturated heterocycles. The number of hydrogen-bond donors (Lipinski definition) is 1. The van der Waals surface area contributed by atoms with E-state index in [1.165, 1.54) is 0 Å². The number of carbonyl (C=O) groups is 1. The van der Waals surface area contributed by atoms with Gasteiger partial charge >= 0.3 is 0 Å². The van der Waals surface area contributed by atoms with Crippen molar-refractivity contribution in [2.75, 3.05) is 6.54 Å². The predicted octanol–water partition coefficient (Wildman–Crippen LogP) is 3.96. The predicted molar refractivity (Wildman–Crippen MR) is 81.4 cm³/mol. The van der Waals surface area contributed by atoms with Gasteiger partial charge in [-0.3, -0.25) is 4.79 Å². The number of carbonyl (C=O) groups excluding carboxylic acids is 1. The molecule has 0 saturated carbocycles. The maximum Gasteiger partial charge on any atom is 0.251 e. The minimum Gasteiger partial charge on any atom is -0.352 e. The first-order chi connectivity index (χ1) is 8.84. The Kier molecular flexibility index (Phi) is 5.59. The van der Waals surface area contributed by atoms with Gasteiger partial charge in [0.15, 0.2) is 0 Å². The van der Waals surface area contributed by atoms with Crippen molar-refractivity contribution in [2.45, 2.75) is 41.5 Å². The first-order valence-corrected chi connectivity index (χ1v) is 7.19. The Morgan fingerprint density at radius 1 is 1.11 bits per heavy atom. The van der Waals surface area contributed by atoms with E-state index in [4.69, 9.17) is 0 Å². The van der Waals surface area contributed by atoms with Crippen LogP contribution < -0.4 is 5.32 Å². The summed E-state index contributed by atoms with van der Waals surface area (Å²) in [6, 6.07) is 5.88. The van der Waals surface area contributed by atoms with Crippen LogP contribution in [0.1, 0.15) is 49.2 Å². The molecule has 19 heavy (non-hydrogen) atoms. The third kappa shape index (κ3) is 4.09. The molecule has 0 aromatic heterocycles. The second kappa shape index (κ2) is 6.74. The van der Waals surface area contributed by atoms with E-state index < -0.39 is 0 Å². The van der Waals surface area contributed by atoms with Crippen LogP contribution in [0, 0.1) is 31.6 Å². The molecule has 2 nitrogen and oxygen atoms in total. The van der Waals surface area contributed by atoms with Crippen LogP contribution in [0.2, 0.25) is 0 Å².